The second kappa shape index (κ2) is 23.6. The van der Waals surface area contributed by atoms with E-state index in [1.54, 1.807) is 6.20 Å². The number of aliphatic hydroxyl groups excluding tert-OH is 3. The van der Waals surface area contributed by atoms with Crippen LogP contribution in [0.25, 0.3) is 11.3 Å². The van der Waals surface area contributed by atoms with Crippen molar-refractivity contribution in [3.8, 4) is 11.3 Å². The lowest BCUT2D eigenvalue weighted by Crippen LogP contribution is -2.57. The van der Waals surface area contributed by atoms with E-state index in [1.165, 1.54) is 0 Å². The smallest absolute Gasteiger partial charge is 0.255 e. The average molecular weight is 725 g/mol. The number of benzene rings is 2. The number of amides is 2. The highest BCUT2D eigenvalue weighted by atomic mass is 16.6. The molecular formula is C39H56N4O9. The van der Waals surface area contributed by atoms with Gasteiger partial charge in [-0.3, -0.25) is 14.6 Å². The summed E-state index contributed by atoms with van der Waals surface area (Å²) in [5.41, 5.74) is 4.80. The summed E-state index contributed by atoms with van der Waals surface area (Å²) >= 11 is 0. The van der Waals surface area contributed by atoms with Gasteiger partial charge in [0.25, 0.3) is 5.91 Å². The molecule has 3 rings (SSSR count). The van der Waals surface area contributed by atoms with E-state index in [0.717, 1.165) is 54.0 Å². The van der Waals surface area contributed by atoms with Gasteiger partial charge < -0.3 is 49.8 Å². The maximum absolute atomic E-state index is 13.4. The molecule has 52 heavy (non-hydrogen) atoms. The molecule has 0 aliphatic carbocycles. The number of pyridine rings is 1. The summed E-state index contributed by atoms with van der Waals surface area (Å²) in [6.07, 6.45) is 3.39. The highest BCUT2D eigenvalue weighted by Gasteiger charge is 2.29. The minimum atomic E-state index is -1.44. The standard InChI is InChI=1S/C39H56N4O9/c1-4-43(5-2)33-11-12-35(34(26-33)36-24-30(3)13-15-40-36)41-38(48)32-10-6-8-31(25-32)9-7-16-49-18-20-51-22-23-52-21-19-50-17-14-37(47)42-39(27-44,28-45)29-46/h6,8,10-13,15,24-26,44-46H,4-5,7,9,14,16-23,27-29H2,1-3H3,(H,41,48)(H,42,47). The number of carbonyl (C=O) groups is 2. The first-order valence-electron chi connectivity index (χ1n) is 17.9. The molecule has 0 unspecified atom stereocenters. The number of hydrogen-bond acceptors (Lipinski definition) is 11. The van der Waals surface area contributed by atoms with Crippen LogP contribution in [0.2, 0.25) is 0 Å². The minimum Gasteiger partial charge on any atom is -0.394 e. The first-order chi connectivity index (χ1) is 25.3. The van der Waals surface area contributed by atoms with Crippen molar-refractivity contribution in [3.63, 3.8) is 0 Å². The van der Waals surface area contributed by atoms with Crippen molar-refractivity contribution >= 4 is 23.2 Å². The van der Waals surface area contributed by atoms with Crippen molar-refractivity contribution in [2.45, 2.75) is 45.6 Å². The predicted octanol–water partition coefficient (Wildman–Crippen LogP) is 3.38. The van der Waals surface area contributed by atoms with Crippen LogP contribution < -0.4 is 15.5 Å². The van der Waals surface area contributed by atoms with E-state index < -0.39 is 31.3 Å². The normalized spacial score (nSPS) is 11.4. The van der Waals surface area contributed by atoms with E-state index in [4.69, 9.17) is 18.9 Å². The Morgan fingerprint density at radius 3 is 2.04 bits per heavy atom. The fourth-order valence-corrected chi connectivity index (χ4v) is 5.32. The summed E-state index contributed by atoms with van der Waals surface area (Å²) in [6, 6.07) is 17.7. The molecule has 0 saturated heterocycles. The van der Waals surface area contributed by atoms with Gasteiger partial charge in [0.15, 0.2) is 0 Å². The van der Waals surface area contributed by atoms with Crippen LogP contribution in [0.15, 0.2) is 60.8 Å². The number of aryl methyl sites for hydroxylation is 2. The molecule has 3 aromatic rings. The zero-order valence-corrected chi connectivity index (χ0v) is 30.8. The number of rotatable bonds is 26. The largest absolute Gasteiger partial charge is 0.394 e. The Labute approximate surface area is 307 Å². The molecule has 13 nitrogen and oxygen atoms in total. The first kappa shape index (κ1) is 42.5. The predicted molar refractivity (Wildman–Crippen MR) is 201 cm³/mol. The molecule has 0 spiro atoms. The van der Waals surface area contributed by atoms with Crippen LogP contribution in [0.3, 0.4) is 0 Å². The van der Waals surface area contributed by atoms with E-state index in [1.807, 2.05) is 55.5 Å². The maximum Gasteiger partial charge on any atom is 0.255 e. The van der Waals surface area contributed by atoms with Crippen LogP contribution in [0.5, 0.6) is 0 Å². The van der Waals surface area contributed by atoms with Gasteiger partial charge in [0.2, 0.25) is 5.91 Å². The number of carbonyl (C=O) groups excluding carboxylic acids is 2. The molecule has 2 aromatic carbocycles. The van der Waals surface area contributed by atoms with Crippen molar-refractivity contribution < 1.29 is 43.9 Å². The molecule has 5 N–H and O–H groups in total. The minimum absolute atomic E-state index is 0.0237. The van der Waals surface area contributed by atoms with E-state index in [-0.39, 0.29) is 18.9 Å². The Morgan fingerprint density at radius 2 is 1.42 bits per heavy atom. The van der Waals surface area contributed by atoms with Gasteiger partial charge >= 0.3 is 0 Å². The number of anilines is 2. The average Bonchev–Trinajstić information content (AvgIpc) is 3.16. The number of hydrogen-bond donors (Lipinski definition) is 5. The second-order valence-electron chi connectivity index (χ2n) is 12.4. The number of aromatic nitrogens is 1. The van der Waals surface area contributed by atoms with Crippen molar-refractivity contribution in [2.75, 3.05) is 96.0 Å². The van der Waals surface area contributed by atoms with E-state index in [9.17, 15) is 24.9 Å². The molecule has 0 radical (unpaired) electrons. The third kappa shape index (κ3) is 14.2. The van der Waals surface area contributed by atoms with E-state index >= 15 is 0 Å². The van der Waals surface area contributed by atoms with E-state index in [0.29, 0.717) is 57.5 Å². The molecule has 1 aromatic heterocycles. The summed E-state index contributed by atoms with van der Waals surface area (Å²) in [4.78, 5) is 32.2. The molecule has 0 aliphatic rings. The van der Waals surface area contributed by atoms with Crippen molar-refractivity contribution in [2.24, 2.45) is 0 Å². The molecule has 13 heteroatoms. The van der Waals surface area contributed by atoms with Gasteiger partial charge in [0.05, 0.1) is 77.5 Å². The van der Waals surface area contributed by atoms with Crippen LogP contribution in [-0.2, 0) is 30.2 Å². The Kier molecular flexibility index (Phi) is 19.3. The SMILES string of the molecule is CCN(CC)c1ccc(NC(=O)c2cccc(CCCOCCOCCOCCOCCC(=O)NC(CO)(CO)CO)c2)c(-c2cc(C)ccn2)c1. The van der Waals surface area contributed by atoms with Crippen molar-refractivity contribution in [1.29, 1.82) is 0 Å². The number of aliphatic hydroxyl groups is 3. The van der Waals surface area contributed by atoms with Gasteiger partial charge in [-0.05, 0) is 87.2 Å². The Hall–Kier alpha value is -3.95. The fraction of sp³-hybridized carbons (Fsp3) is 0.513. The quantitative estimate of drug-likeness (QED) is 0.0769. The molecule has 0 aliphatic heterocycles. The zero-order chi connectivity index (χ0) is 37.6. The molecule has 2 amide bonds. The molecule has 1 heterocycles. The first-order valence-corrected chi connectivity index (χ1v) is 17.9. The molecule has 0 saturated carbocycles. The maximum atomic E-state index is 13.4. The van der Waals surface area contributed by atoms with Crippen LogP contribution in [0, 0.1) is 6.92 Å². The Balaban J connectivity index is 1.30. The third-order valence-electron chi connectivity index (χ3n) is 8.42. The van der Waals surface area contributed by atoms with Crippen LogP contribution in [-0.4, -0.2) is 123 Å². The highest BCUT2D eigenvalue weighted by molar-refractivity contribution is 6.06. The summed E-state index contributed by atoms with van der Waals surface area (Å²) < 4.78 is 22.1. The van der Waals surface area contributed by atoms with Gasteiger partial charge in [-0.25, -0.2) is 0 Å². The molecular weight excluding hydrogens is 668 g/mol. The van der Waals surface area contributed by atoms with E-state index in [2.05, 4.69) is 40.4 Å². The summed E-state index contributed by atoms with van der Waals surface area (Å²) in [7, 11) is 0. The summed E-state index contributed by atoms with van der Waals surface area (Å²) in [6.45, 7) is 9.39. The molecule has 0 fully saturated rings. The van der Waals surface area contributed by atoms with Crippen LogP contribution in [0.1, 0.15) is 48.2 Å². The van der Waals surface area contributed by atoms with Gasteiger partial charge in [0, 0.05) is 49.1 Å². The number of nitrogens with one attached hydrogen (secondary N) is 2. The van der Waals surface area contributed by atoms with Gasteiger partial charge in [-0.15, -0.1) is 0 Å². The Bertz CT molecular complexity index is 1490. The molecule has 0 bridgehead atoms. The summed E-state index contributed by atoms with van der Waals surface area (Å²) in [5, 5.41) is 33.3. The van der Waals surface area contributed by atoms with Gasteiger partial charge in [-0.2, -0.15) is 0 Å². The highest BCUT2D eigenvalue weighted by Crippen LogP contribution is 2.32. The lowest BCUT2D eigenvalue weighted by atomic mass is 10.0. The Morgan fingerprint density at radius 1 is 0.788 bits per heavy atom. The lowest BCUT2D eigenvalue weighted by Gasteiger charge is -2.28. The second-order valence-corrected chi connectivity index (χ2v) is 12.4. The number of ether oxygens (including phenoxy) is 4. The monoisotopic (exact) mass is 724 g/mol. The van der Waals surface area contributed by atoms with Crippen LogP contribution >= 0.6 is 0 Å². The van der Waals surface area contributed by atoms with Crippen molar-refractivity contribution in [3.05, 3.63) is 77.5 Å². The van der Waals surface area contributed by atoms with Gasteiger partial charge in [0.1, 0.15) is 5.54 Å². The van der Waals surface area contributed by atoms with Crippen LogP contribution in [0.4, 0.5) is 11.4 Å². The van der Waals surface area contributed by atoms with Crippen molar-refractivity contribution in [1.82, 2.24) is 10.3 Å². The third-order valence-corrected chi connectivity index (χ3v) is 8.42. The fourth-order valence-electron chi connectivity index (χ4n) is 5.32. The summed E-state index contributed by atoms with van der Waals surface area (Å²) in [5.74, 6) is -0.618. The van der Waals surface area contributed by atoms with Gasteiger partial charge in [-0.1, -0.05) is 12.1 Å². The topological polar surface area (TPSA) is 172 Å². The molecule has 0 atom stereocenters. The molecule has 286 valence electrons. The lowest BCUT2D eigenvalue weighted by molar-refractivity contribution is -0.126. The zero-order valence-electron chi connectivity index (χ0n) is 30.8. The number of nitrogens with zero attached hydrogens (tertiary/aromatic N) is 2.